The zero-order valence-corrected chi connectivity index (χ0v) is 15.0. The van der Waals surface area contributed by atoms with Gasteiger partial charge in [0.2, 0.25) is 5.88 Å². The van der Waals surface area contributed by atoms with Crippen molar-refractivity contribution < 1.29 is 9.53 Å². The minimum atomic E-state index is -0.0438. The molecule has 0 radical (unpaired) electrons. The van der Waals surface area contributed by atoms with Crippen molar-refractivity contribution in [1.29, 1.82) is 0 Å². The van der Waals surface area contributed by atoms with Gasteiger partial charge in [-0.15, -0.1) is 0 Å². The van der Waals surface area contributed by atoms with Crippen LogP contribution in [0, 0.1) is 0 Å². The van der Waals surface area contributed by atoms with E-state index < -0.39 is 0 Å². The quantitative estimate of drug-likeness (QED) is 0.676. The van der Waals surface area contributed by atoms with Crippen molar-refractivity contribution in [3.05, 3.63) is 64.9 Å². The number of pyridine rings is 2. The molecule has 1 aliphatic rings. The standard InChI is InChI=1S/C19H16BrN3O2/c20-15-9-14(10-21-11-15)19(24)23-8-7-16(12-23)25-18-6-5-13-3-1-2-4-17(13)22-18/h1-6,9-11,16H,7-8,12H2/t16-/m0/s1. The Labute approximate surface area is 153 Å². The number of carbonyl (C=O) groups is 1. The summed E-state index contributed by atoms with van der Waals surface area (Å²) in [6.45, 7) is 1.23. The van der Waals surface area contributed by atoms with Gasteiger partial charge in [-0.2, -0.15) is 0 Å². The number of carbonyl (C=O) groups excluding carboxylic acids is 1. The van der Waals surface area contributed by atoms with Crippen LogP contribution in [0.1, 0.15) is 16.8 Å². The lowest BCUT2D eigenvalue weighted by atomic mass is 10.2. The zero-order chi connectivity index (χ0) is 17.2. The minimum absolute atomic E-state index is 0.0219. The van der Waals surface area contributed by atoms with Gasteiger partial charge >= 0.3 is 0 Å². The van der Waals surface area contributed by atoms with E-state index in [0.29, 0.717) is 24.5 Å². The van der Waals surface area contributed by atoms with Crippen LogP contribution in [0.2, 0.25) is 0 Å². The highest BCUT2D eigenvalue weighted by Crippen LogP contribution is 2.21. The molecule has 6 heteroatoms. The number of aromatic nitrogens is 2. The van der Waals surface area contributed by atoms with E-state index in [2.05, 4.69) is 25.9 Å². The van der Waals surface area contributed by atoms with Gasteiger partial charge in [-0.05, 0) is 34.1 Å². The number of rotatable bonds is 3. The molecular weight excluding hydrogens is 382 g/mol. The second-order valence-electron chi connectivity index (χ2n) is 6.01. The molecule has 4 rings (SSSR count). The molecule has 0 bridgehead atoms. The maximum absolute atomic E-state index is 12.6. The van der Waals surface area contributed by atoms with Gasteiger partial charge in [-0.3, -0.25) is 9.78 Å². The average molecular weight is 398 g/mol. The Bertz CT molecular complexity index is 931. The number of nitrogens with zero attached hydrogens (tertiary/aromatic N) is 3. The number of hydrogen-bond acceptors (Lipinski definition) is 4. The molecule has 1 fully saturated rings. The summed E-state index contributed by atoms with van der Waals surface area (Å²) in [6.07, 6.45) is 4.00. The number of hydrogen-bond donors (Lipinski definition) is 0. The van der Waals surface area contributed by atoms with E-state index in [1.807, 2.05) is 36.4 Å². The van der Waals surface area contributed by atoms with Crippen LogP contribution in [0.5, 0.6) is 5.88 Å². The molecule has 1 saturated heterocycles. The van der Waals surface area contributed by atoms with Crippen LogP contribution in [0.15, 0.2) is 59.3 Å². The van der Waals surface area contributed by atoms with Gasteiger partial charge in [0.25, 0.3) is 5.91 Å². The van der Waals surface area contributed by atoms with E-state index in [-0.39, 0.29) is 12.0 Å². The molecule has 3 heterocycles. The Kier molecular flexibility index (Phi) is 4.36. The summed E-state index contributed by atoms with van der Waals surface area (Å²) in [7, 11) is 0. The van der Waals surface area contributed by atoms with Gasteiger partial charge in [0.05, 0.1) is 17.6 Å². The summed E-state index contributed by atoms with van der Waals surface area (Å²) in [5.74, 6) is 0.577. The van der Waals surface area contributed by atoms with Crippen LogP contribution in [0.3, 0.4) is 0 Å². The summed E-state index contributed by atoms with van der Waals surface area (Å²) in [5.41, 5.74) is 1.49. The third-order valence-electron chi connectivity index (χ3n) is 4.24. The van der Waals surface area contributed by atoms with Gasteiger partial charge in [-0.25, -0.2) is 4.98 Å². The van der Waals surface area contributed by atoms with Crippen molar-refractivity contribution >= 4 is 32.7 Å². The van der Waals surface area contributed by atoms with E-state index in [4.69, 9.17) is 4.74 Å². The first-order chi connectivity index (χ1) is 12.2. The largest absolute Gasteiger partial charge is 0.472 e. The fourth-order valence-corrected chi connectivity index (χ4v) is 3.37. The Morgan fingerprint density at radius 2 is 2.08 bits per heavy atom. The monoisotopic (exact) mass is 397 g/mol. The molecule has 0 unspecified atom stereocenters. The summed E-state index contributed by atoms with van der Waals surface area (Å²) in [4.78, 5) is 23.0. The van der Waals surface area contributed by atoms with E-state index >= 15 is 0 Å². The van der Waals surface area contributed by atoms with Crippen LogP contribution in [-0.2, 0) is 0 Å². The summed E-state index contributed by atoms with van der Waals surface area (Å²) in [5, 5.41) is 1.08. The van der Waals surface area contributed by atoms with E-state index in [1.54, 1.807) is 23.4 Å². The molecule has 1 atom stereocenters. The summed E-state index contributed by atoms with van der Waals surface area (Å²) in [6, 6.07) is 13.6. The fraction of sp³-hybridized carbons (Fsp3) is 0.211. The molecule has 2 aromatic heterocycles. The Balaban J connectivity index is 1.44. The van der Waals surface area contributed by atoms with Crippen molar-refractivity contribution in [2.75, 3.05) is 13.1 Å². The van der Waals surface area contributed by atoms with Crippen molar-refractivity contribution in [2.24, 2.45) is 0 Å². The number of fused-ring (bicyclic) bond motifs is 1. The molecule has 1 aliphatic heterocycles. The Morgan fingerprint density at radius 1 is 1.20 bits per heavy atom. The number of halogens is 1. The molecular formula is C19H16BrN3O2. The molecule has 1 amide bonds. The number of amides is 1. The van der Waals surface area contributed by atoms with Gasteiger partial charge in [0.15, 0.2) is 0 Å². The Hall–Kier alpha value is -2.47. The first kappa shape index (κ1) is 16.0. The molecule has 25 heavy (non-hydrogen) atoms. The van der Waals surface area contributed by atoms with E-state index in [0.717, 1.165) is 21.8 Å². The normalized spacial score (nSPS) is 17.0. The lowest BCUT2D eigenvalue weighted by molar-refractivity contribution is 0.0771. The van der Waals surface area contributed by atoms with Crippen LogP contribution >= 0.6 is 15.9 Å². The highest BCUT2D eigenvalue weighted by molar-refractivity contribution is 9.10. The first-order valence-electron chi connectivity index (χ1n) is 8.11. The predicted octanol–water partition coefficient (Wildman–Crippen LogP) is 3.69. The fourth-order valence-electron chi connectivity index (χ4n) is 3.00. The van der Waals surface area contributed by atoms with E-state index in [1.165, 1.54) is 0 Å². The van der Waals surface area contributed by atoms with Crippen molar-refractivity contribution in [3.63, 3.8) is 0 Å². The zero-order valence-electron chi connectivity index (χ0n) is 13.4. The second-order valence-corrected chi connectivity index (χ2v) is 6.93. The van der Waals surface area contributed by atoms with Gasteiger partial charge in [-0.1, -0.05) is 18.2 Å². The van der Waals surface area contributed by atoms with Crippen LogP contribution in [0.4, 0.5) is 0 Å². The average Bonchev–Trinajstić information content (AvgIpc) is 3.09. The lowest BCUT2D eigenvalue weighted by Crippen LogP contribution is -2.31. The Morgan fingerprint density at radius 3 is 2.96 bits per heavy atom. The second kappa shape index (κ2) is 6.80. The number of para-hydroxylation sites is 1. The summed E-state index contributed by atoms with van der Waals surface area (Å²) < 4.78 is 6.79. The third kappa shape index (κ3) is 3.49. The third-order valence-corrected chi connectivity index (χ3v) is 4.68. The lowest BCUT2D eigenvalue weighted by Gasteiger charge is -2.17. The highest BCUT2D eigenvalue weighted by Gasteiger charge is 2.28. The maximum atomic E-state index is 12.6. The van der Waals surface area contributed by atoms with Crippen molar-refractivity contribution in [1.82, 2.24) is 14.9 Å². The maximum Gasteiger partial charge on any atom is 0.255 e. The SMILES string of the molecule is O=C(c1cncc(Br)c1)N1CC[C@H](Oc2ccc3ccccc3n2)C1. The number of likely N-dealkylation sites (tertiary alicyclic amines) is 1. The molecule has 0 saturated carbocycles. The smallest absolute Gasteiger partial charge is 0.255 e. The highest BCUT2D eigenvalue weighted by atomic mass is 79.9. The van der Waals surface area contributed by atoms with Crippen LogP contribution < -0.4 is 4.74 Å². The molecule has 0 spiro atoms. The molecule has 1 aromatic carbocycles. The van der Waals surface area contributed by atoms with Gasteiger partial charge < -0.3 is 9.64 Å². The number of ether oxygens (including phenoxy) is 1. The summed E-state index contributed by atoms with van der Waals surface area (Å²) >= 11 is 3.35. The van der Waals surface area contributed by atoms with Crippen molar-refractivity contribution in [2.45, 2.75) is 12.5 Å². The predicted molar refractivity (Wildman–Crippen MR) is 98.6 cm³/mol. The molecule has 0 N–H and O–H groups in total. The van der Waals surface area contributed by atoms with Gasteiger partial charge in [0.1, 0.15) is 6.10 Å². The first-order valence-corrected chi connectivity index (χ1v) is 8.90. The molecule has 3 aromatic rings. The van der Waals surface area contributed by atoms with Crippen LogP contribution in [-0.4, -0.2) is 40.0 Å². The molecule has 126 valence electrons. The van der Waals surface area contributed by atoms with E-state index in [9.17, 15) is 4.79 Å². The topological polar surface area (TPSA) is 55.3 Å². The minimum Gasteiger partial charge on any atom is -0.472 e. The van der Waals surface area contributed by atoms with Gasteiger partial charge in [0, 0.05) is 41.3 Å². The van der Waals surface area contributed by atoms with Crippen LogP contribution in [0.25, 0.3) is 10.9 Å². The number of benzene rings is 1. The molecule has 0 aliphatic carbocycles. The molecule has 5 nitrogen and oxygen atoms in total. The van der Waals surface area contributed by atoms with Crippen molar-refractivity contribution in [3.8, 4) is 5.88 Å².